The predicted octanol–water partition coefficient (Wildman–Crippen LogP) is -1.01. The minimum atomic E-state index is -1.62. The summed E-state index contributed by atoms with van der Waals surface area (Å²) in [5.41, 5.74) is 0. The van der Waals surface area contributed by atoms with Crippen molar-refractivity contribution in [2.45, 2.75) is 57.4 Å². The lowest BCUT2D eigenvalue weighted by Gasteiger charge is -2.29. The van der Waals surface area contributed by atoms with E-state index in [1.54, 1.807) is 0 Å². The fraction of sp³-hybridized carbons (Fsp3) is 0.562. The third-order valence-corrected chi connectivity index (χ3v) is 3.32. The first-order chi connectivity index (χ1) is 11.6. The molecule has 0 unspecified atom stereocenters. The first kappa shape index (κ1) is 20.8. The van der Waals surface area contributed by atoms with Gasteiger partial charge >= 0.3 is 17.9 Å². The number of cyclic esters (lactones) is 1. The van der Waals surface area contributed by atoms with Crippen molar-refractivity contribution in [2.24, 2.45) is 0 Å². The Labute approximate surface area is 144 Å². The molecule has 0 saturated heterocycles. The fourth-order valence-electron chi connectivity index (χ4n) is 2.15. The summed E-state index contributed by atoms with van der Waals surface area (Å²) in [6.45, 7) is 3.84. The number of hydrogen-bond donors (Lipinski definition) is 3. The maximum atomic E-state index is 11.2. The van der Waals surface area contributed by atoms with E-state index < -0.39 is 54.5 Å². The Morgan fingerprint density at radius 3 is 2.36 bits per heavy atom. The van der Waals surface area contributed by atoms with E-state index in [0.29, 0.717) is 0 Å². The molecule has 1 heterocycles. The minimum Gasteiger partial charge on any atom is -0.459 e. The Kier molecular flexibility index (Phi) is 7.75. The molecule has 1 rings (SSSR count). The molecule has 9 heteroatoms. The van der Waals surface area contributed by atoms with Crippen molar-refractivity contribution in [1.82, 2.24) is 0 Å². The first-order valence-electron chi connectivity index (χ1n) is 7.57. The van der Waals surface area contributed by atoms with Crippen LogP contribution in [0.25, 0.3) is 0 Å². The maximum absolute atomic E-state index is 11.2. The monoisotopic (exact) mass is 358 g/mol. The van der Waals surface area contributed by atoms with E-state index in [2.05, 4.69) is 0 Å². The van der Waals surface area contributed by atoms with Crippen LogP contribution in [0.3, 0.4) is 0 Å². The maximum Gasteiger partial charge on any atom is 0.330 e. The van der Waals surface area contributed by atoms with Gasteiger partial charge in [0, 0.05) is 19.9 Å². The Balaban J connectivity index is 2.79. The van der Waals surface area contributed by atoms with Gasteiger partial charge in [0.15, 0.2) is 12.2 Å². The molecular weight excluding hydrogens is 336 g/mol. The van der Waals surface area contributed by atoms with Crippen LogP contribution in [0.15, 0.2) is 24.3 Å². The molecule has 0 saturated carbocycles. The van der Waals surface area contributed by atoms with E-state index in [9.17, 15) is 29.7 Å². The minimum absolute atomic E-state index is 0.581. The van der Waals surface area contributed by atoms with Gasteiger partial charge < -0.3 is 29.5 Å². The number of hydrogen-bond acceptors (Lipinski definition) is 9. The molecule has 9 nitrogen and oxygen atoms in total. The summed E-state index contributed by atoms with van der Waals surface area (Å²) in [6.07, 6.45) is -3.15. The number of rotatable bonds is 7. The molecule has 6 atom stereocenters. The van der Waals surface area contributed by atoms with Crippen LogP contribution in [-0.2, 0) is 28.6 Å². The highest BCUT2D eigenvalue weighted by molar-refractivity contribution is 5.83. The molecule has 0 aromatic rings. The topological polar surface area (TPSA) is 140 Å². The number of carbonyl (C=O) groups excluding carboxylic acids is 3. The first-order valence-corrected chi connectivity index (χ1v) is 7.57. The van der Waals surface area contributed by atoms with Gasteiger partial charge in [-0.1, -0.05) is 6.08 Å². The molecule has 0 radical (unpaired) electrons. The SMILES string of the molecule is CC(=O)O[C@@H](C)[C@H](/C=C/[C@H](O)[C@H](O)[C@@H]1OC(=O)C=C[C@@H]1O)OC(C)=O. The second-order valence-corrected chi connectivity index (χ2v) is 5.51. The molecule has 0 aromatic heterocycles. The highest BCUT2D eigenvalue weighted by atomic mass is 16.6. The summed E-state index contributed by atoms with van der Waals surface area (Å²) >= 11 is 0. The van der Waals surface area contributed by atoms with Gasteiger partial charge in [0.25, 0.3) is 0 Å². The van der Waals surface area contributed by atoms with Gasteiger partial charge in [0.2, 0.25) is 0 Å². The van der Waals surface area contributed by atoms with Crippen LogP contribution in [0.5, 0.6) is 0 Å². The van der Waals surface area contributed by atoms with Crippen LogP contribution >= 0.6 is 0 Å². The van der Waals surface area contributed by atoms with E-state index in [4.69, 9.17) is 14.2 Å². The zero-order valence-electron chi connectivity index (χ0n) is 14.1. The van der Waals surface area contributed by atoms with Gasteiger partial charge in [0.1, 0.15) is 24.4 Å². The van der Waals surface area contributed by atoms with Crippen molar-refractivity contribution in [3.63, 3.8) is 0 Å². The lowest BCUT2D eigenvalue weighted by molar-refractivity contribution is -0.164. The van der Waals surface area contributed by atoms with Crippen LogP contribution in [0.4, 0.5) is 0 Å². The molecule has 1 aliphatic heterocycles. The van der Waals surface area contributed by atoms with Gasteiger partial charge in [-0.05, 0) is 19.1 Å². The van der Waals surface area contributed by atoms with Gasteiger partial charge in [-0.25, -0.2) is 4.79 Å². The van der Waals surface area contributed by atoms with E-state index in [-0.39, 0.29) is 0 Å². The molecular formula is C16H22O9. The molecule has 1 aliphatic rings. The average molecular weight is 358 g/mol. The fourth-order valence-corrected chi connectivity index (χ4v) is 2.15. The zero-order chi connectivity index (χ0) is 19.1. The van der Waals surface area contributed by atoms with E-state index in [1.165, 1.54) is 19.9 Å². The third kappa shape index (κ3) is 6.65. The van der Waals surface area contributed by atoms with Gasteiger partial charge in [-0.3, -0.25) is 9.59 Å². The van der Waals surface area contributed by atoms with Crippen LogP contribution in [0, 0.1) is 0 Å². The summed E-state index contributed by atoms with van der Waals surface area (Å²) in [5.74, 6) is -1.97. The highest BCUT2D eigenvalue weighted by Crippen LogP contribution is 2.16. The molecule has 3 N–H and O–H groups in total. The number of ether oxygens (including phenoxy) is 3. The third-order valence-electron chi connectivity index (χ3n) is 3.32. The number of esters is 3. The predicted molar refractivity (Wildman–Crippen MR) is 83.0 cm³/mol. The number of aliphatic hydroxyl groups excluding tert-OH is 3. The molecule has 25 heavy (non-hydrogen) atoms. The summed E-state index contributed by atoms with van der Waals surface area (Å²) in [6, 6.07) is 0. The highest BCUT2D eigenvalue weighted by Gasteiger charge is 2.35. The molecule has 0 aliphatic carbocycles. The van der Waals surface area contributed by atoms with Crippen molar-refractivity contribution in [1.29, 1.82) is 0 Å². The standard InChI is InChI=1S/C16H22O9/c1-8(23-9(2)17)13(24-10(3)18)6-4-11(19)15(22)16-12(20)5-7-14(21)25-16/h4-8,11-13,15-16,19-20,22H,1-3H3/b6-4+/t8-,11-,12-,13-,15-,16+/m0/s1. The largest absolute Gasteiger partial charge is 0.459 e. The number of carbonyl (C=O) groups is 3. The van der Waals surface area contributed by atoms with Crippen molar-refractivity contribution in [3.8, 4) is 0 Å². The van der Waals surface area contributed by atoms with E-state index in [0.717, 1.165) is 25.2 Å². The average Bonchev–Trinajstić information content (AvgIpc) is 2.51. The summed E-state index contributed by atoms with van der Waals surface area (Å²) in [4.78, 5) is 33.3. The molecule has 0 fully saturated rings. The summed E-state index contributed by atoms with van der Waals surface area (Å²) in [5, 5.41) is 29.8. The van der Waals surface area contributed by atoms with Crippen molar-refractivity contribution in [2.75, 3.05) is 0 Å². The van der Waals surface area contributed by atoms with E-state index in [1.807, 2.05) is 0 Å². The van der Waals surface area contributed by atoms with Crippen LogP contribution < -0.4 is 0 Å². The zero-order valence-corrected chi connectivity index (χ0v) is 14.1. The summed E-state index contributed by atoms with van der Waals surface area (Å²) in [7, 11) is 0. The van der Waals surface area contributed by atoms with E-state index >= 15 is 0 Å². The molecule has 0 aromatic carbocycles. The van der Waals surface area contributed by atoms with Gasteiger partial charge in [0.05, 0.1) is 0 Å². The van der Waals surface area contributed by atoms with Crippen LogP contribution in [-0.4, -0.2) is 69.9 Å². The Morgan fingerprint density at radius 1 is 1.20 bits per heavy atom. The van der Waals surface area contributed by atoms with Gasteiger partial charge in [-0.2, -0.15) is 0 Å². The van der Waals surface area contributed by atoms with Crippen LogP contribution in [0.2, 0.25) is 0 Å². The lowest BCUT2D eigenvalue weighted by atomic mass is 10.00. The lowest BCUT2D eigenvalue weighted by Crippen LogP contribution is -2.47. The normalized spacial score (nSPS) is 25.0. The molecule has 0 spiro atoms. The quantitative estimate of drug-likeness (QED) is 0.297. The second kappa shape index (κ2) is 9.30. The molecule has 0 bridgehead atoms. The molecule has 140 valence electrons. The second-order valence-electron chi connectivity index (χ2n) is 5.51. The number of aliphatic hydroxyl groups is 3. The van der Waals surface area contributed by atoms with Crippen molar-refractivity contribution >= 4 is 17.9 Å². The van der Waals surface area contributed by atoms with Crippen molar-refractivity contribution < 1.29 is 43.9 Å². The molecule has 0 amide bonds. The Morgan fingerprint density at radius 2 is 1.80 bits per heavy atom. The van der Waals surface area contributed by atoms with Gasteiger partial charge in [-0.15, -0.1) is 0 Å². The Bertz CT molecular complexity index is 554. The van der Waals surface area contributed by atoms with Crippen molar-refractivity contribution in [3.05, 3.63) is 24.3 Å². The Hall–Kier alpha value is -2.23. The smallest absolute Gasteiger partial charge is 0.330 e. The van der Waals surface area contributed by atoms with Crippen LogP contribution in [0.1, 0.15) is 20.8 Å². The summed E-state index contributed by atoms with van der Waals surface area (Å²) < 4.78 is 14.7.